The number of ether oxygens (including phenoxy) is 2. The fourth-order valence-corrected chi connectivity index (χ4v) is 2.89. The summed E-state index contributed by atoms with van der Waals surface area (Å²) in [5.74, 6) is 1.28. The number of nitrogens with zero attached hydrogens (tertiary/aromatic N) is 1. The molecule has 0 saturated heterocycles. The van der Waals surface area contributed by atoms with Crippen LogP contribution < -0.4 is 10.1 Å². The summed E-state index contributed by atoms with van der Waals surface area (Å²) in [6.45, 7) is 4.20. The number of likely N-dealkylation sites (N-methyl/N-ethyl adjacent to an activating group) is 1. The molecule has 0 aliphatic rings. The lowest BCUT2D eigenvalue weighted by Gasteiger charge is -2.20. The van der Waals surface area contributed by atoms with Crippen LogP contribution in [0.3, 0.4) is 0 Å². The molecule has 27 heavy (non-hydrogen) atoms. The molecule has 1 heterocycles. The Bertz CT molecular complexity index is 799. The van der Waals surface area contributed by atoms with Crippen molar-refractivity contribution in [1.29, 1.82) is 0 Å². The number of rotatable bonds is 8. The highest BCUT2D eigenvalue weighted by Crippen LogP contribution is 2.24. The molecule has 0 spiro atoms. The Morgan fingerprint density at radius 2 is 1.96 bits per heavy atom. The van der Waals surface area contributed by atoms with E-state index in [1.165, 1.54) is 7.11 Å². The average molecular weight is 374 g/mol. The maximum absolute atomic E-state index is 12.4. The number of carbonyl (C=O) groups excluding carboxylic acids is 2. The molecule has 0 fully saturated rings. The van der Waals surface area contributed by atoms with Crippen LogP contribution in [0.4, 0.5) is 0 Å². The molecule has 0 aliphatic carbocycles. The quantitative estimate of drug-likeness (QED) is 0.716. The van der Waals surface area contributed by atoms with Crippen molar-refractivity contribution in [3.8, 4) is 5.75 Å². The third-order valence-corrected chi connectivity index (χ3v) is 4.20. The first-order valence-corrected chi connectivity index (χ1v) is 8.64. The Kier molecular flexibility index (Phi) is 7.01. The maximum Gasteiger partial charge on any atom is 0.341 e. The van der Waals surface area contributed by atoms with Gasteiger partial charge in [0.1, 0.15) is 22.8 Å². The number of hydrogen-bond donors (Lipinski definition) is 1. The van der Waals surface area contributed by atoms with Gasteiger partial charge in [0.15, 0.2) is 0 Å². The van der Waals surface area contributed by atoms with Crippen LogP contribution in [0.25, 0.3) is 0 Å². The predicted octanol–water partition coefficient (Wildman–Crippen LogP) is 2.69. The van der Waals surface area contributed by atoms with Crippen LogP contribution in [-0.2, 0) is 16.1 Å². The summed E-state index contributed by atoms with van der Waals surface area (Å²) in [6, 6.07) is 9.05. The fourth-order valence-electron chi connectivity index (χ4n) is 2.89. The first-order chi connectivity index (χ1) is 12.8. The van der Waals surface area contributed by atoms with Crippen molar-refractivity contribution in [2.75, 3.05) is 27.8 Å². The molecule has 0 aliphatic heterocycles. The molecule has 1 unspecified atom stereocenters. The SMILES string of the molecule is COC(=O)c1cc(CN(C)CC(=O)NC(C)c2ccccc2OC)oc1C. The van der Waals surface area contributed by atoms with Crippen LogP contribution in [0.15, 0.2) is 34.7 Å². The lowest BCUT2D eigenvalue weighted by molar-refractivity contribution is -0.122. The van der Waals surface area contributed by atoms with E-state index >= 15 is 0 Å². The number of amides is 1. The lowest BCUT2D eigenvalue weighted by atomic mass is 10.1. The minimum atomic E-state index is -0.437. The van der Waals surface area contributed by atoms with Gasteiger partial charge in [0.05, 0.1) is 33.4 Å². The number of benzene rings is 1. The Hall–Kier alpha value is -2.80. The zero-order valence-corrected chi connectivity index (χ0v) is 16.4. The lowest BCUT2D eigenvalue weighted by Crippen LogP contribution is -2.36. The standard InChI is InChI=1S/C20H26N2O5/c1-13(16-8-6-7-9-18(16)25-4)21-19(23)12-22(3)11-15-10-17(14(2)27-15)20(24)26-5/h6-10,13H,11-12H2,1-5H3,(H,21,23). The topological polar surface area (TPSA) is 81.0 Å². The van der Waals surface area contributed by atoms with Gasteiger partial charge in [-0.3, -0.25) is 9.69 Å². The number of methoxy groups -OCH3 is 2. The molecule has 0 radical (unpaired) electrons. The van der Waals surface area contributed by atoms with E-state index in [1.54, 1.807) is 20.1 Å². The van der Waals surface area contributed by atoms with Crippen LogP contribution in [0.1, 0.15) is 40.4 Å². The Labute approximate surface area is 159 Å². The molecule has 1 aromatic heterocycles. The summed E-state index contributed by atoms with van der Waals surface area (Å²) in [5, 5.41) is 2.97. The highest BCUT2D eigenvalue weighted by molar-refractivity contribution is 5.90. The highest BCUT2D eigenvalue weighted by atomic mass is 16.5. The minimum absolute atomic E-state index is 0.118. The van der Waals surface area contributed by atoms with Gasteiger partial charge in [0.25, 0.3) is 0 Å². The molecule has 1 N–H and O–H groups in total. The third-order valence-electron chi connectivity index (χ3n) is 4.20. The maximum atomic E-state index is 12.4. The molecule has 2 aromatic rings. The molecule has 1 aromatic carbocycles. The molecular formula is C20H26N2O5. The van der Waals surface area contributed by atoms with Crippen molar-refractivity contribution in [2.24, 2.45) is 0 Å². The summed E-state index contributed by atoms with van der Waals surface area (Å²) in [4.78, 5) is 25.8. The molecule has 2 rings (SSSR count). The summed E-state index contributed by atoms with van der Waals surface area (Å²) in [5.41, 5.74) is 1.32. The van der Waals surface area contributed by atoms with E-state index in [0.29, 0.717) is 23.6 Å². The van der Waals surface area contributed by atoms with E-state index < -0.39 is 5.97 Å². The van der Waals surface area contributed by atoms with Gasteiger partial charge >= 0.3 is 5.97 Å². The number of furan rings is 1. The van der Waals surface area contributed by atoms with Gasteiger partial charge in [-0.05, 0) is 33.0 Å². The Morgan fingerprint density at radius 1 is 1.26 bits per heavy atom. The molecule has 7 nitrogen and oxygen atoms in total. The number of para-hydroxylation sites is 1. The summed E-state index contributed by atoms with van der Waals surface area (Å²) >= 11 is 0. The van der Waals surface area contributed by atoms with Gasteiger partial charge in [0, 0.05) is 5.56 Å². The van der Waals surface area contributed by atoms with Crippen molar-refractivity contribution >= 4 is 11.9 Å². The molecule has 0 bridgehead atoms. The second-order valence-electron chi connectivity index (χ2n) is 6.38. The second-order valence-corrected chi connectivity index (χ2v) is 6.38. The average Bonchev–Trinajstić information content (AvgIpc) is 3.00. The predicted molar refractivity (Wildman–Crippen MR) is 101 cm³/mol. The molecular weight excluding hydrogens is 348 g/mol. The summed E-state index contributed by atoms with van der Waals surface area (Å²) in [7, 11) is 4.74. The van der Waals surface area contributed by atoms with E-state index in [2.05, 4.69) is 5.32 Å². The van der Waals surface area contributed by atoms with Crippen LogP contribution in [0.2, 0.25) is 0 Å². The third kappa shape index (κ3) is 5.34. The number of nitrogens with one attached hydrogen (secondary N) is 1. The summed E-state index contributed by atoms with van der Waals surface area (Å²) < 4.78 is 15.6. The number of aryl methyl sites for hydroxylation is 1. The van der Waals surface area contributed by atoms with Crippen LogP contribution in [0.5, 0.6) is 5.75 Å². The van der Waals surface area contributed by atoms with E-state index in [4.69, 9.17) is 13.9 Å². The normalized spacial score (nSPS) is 11.9. The van der Waals surface area contributed by atoms with Crippen molar-refractivity contribution in [1.82, 2.24) is 10.2 Å². The van der Waals surface area contributed by atoms with Gasteiger partial charge in [-0.25, -0.2) is 4.79 Å². The first-order valence-electron chi connectivity index (χ1n) is 8.64. The Morgan fingerprint density at radius 3 is 2.63 bits per heavy atom. The second kappa shape index (κ2) is 9.23. The molecule has 7 heteroatoms. The van der Waals surface area contributed by atoms with Gasteiger partial charge in [-0.15, -0.1) is 0 Å². The number of carbonyl (C=O) groups is 2. The number of esters is 1. The number of hydrogen-bond acceptors (Lipinski definition) is 6. The molecule has 1 atom stereocenters. The smallest absolute Gasteiger partial charge is 0.341 e. The van der Waals surface area contributed by atoms with Crippen LogP contribution >= 0.6 is 0 Å². The van der Waals surface area contributed by atoms with E-state index in [9.17, 15) is 9.59 Å². The van der Waals surface area contributed by atoms with E-state index in [0.717, 1.165) is 11.3 Å². The van der Waals surface area contributed by atoms with Gasteiger partial charge in [-0.1, -0.05) is 18.2 Å². The minimum Gasteiger partial charge on any atom is -0.496 e. The highest BCUT2D eigenvalue weighted by Gasteiger charge is 2.18. The Balaban J connectivity index is 1.93. The van der Waals surface area contributed by atoms with Gasteiger partial charge in [0.2, 0.25) is 5.91 Å². The first kappa shape index (κ1) is 20.5. The van der Waals surface area contributed by atoms with Gasteiger partial charge in [-0.2, -0.15) is 0 Å². The van der Waals surface area contributed by atoms with Crippen molar-refractivity contribution in [3.63, 3.8) is 0 Å². The molecule has 1 amide bonds. The monoisotopic (exact) mass is 374 g/mol. The van der Waals surface area contributed by atoms with Crippen molar-refractivity contribution < 1.29 is 23.5 Å². The van der Waals surface area contributed by atoms with Crippen LogP contribution in [-0.4, -0.2) is 44.6 Å². The zero-order chi connectivity index (χ0) is 20.0. The largest absolute Gasteiger partial charge is 0.496 e. The van der Waals surface area contributed by atoms with E-state index in [1.807, 2.05) is 43.1 Å². The van der Waals surface area contributed by atoms with Crippen LogP contribution in [0, 0.1) is 6.92 Å². The van der Waals surface area contributed by atoms with Gasteiger partial charge < -0.3 is 19.2 Å². The fraction of sp³-hybridized carbons (Fsp3) is 0.400. The molecule has 0 saturated carbocycles. The van der Waals surface area contributed by atoms with E-state index in [-0.39, 0.29) is 18.5 Å². The van der Waals surface area contributed by atoms with Crippen molar-refractivity contribution in [3.05, 3.63) is 53.0 Å². The molecule has 146 valence electrons. The zero-order valence-electron chi connectivity index (χ0n) is 16.4. The summed E-state index contributed by atoms with van der Waals surface area (Å²) in [6.07, 6.45) is 0. The van der Waals surface area contributed by atoms with Crippen molar-refractivity contribution in [2.45, 2.75) is 26.4 Å².